The summed E-state index contributed by atoms with van der Waals surface area (Å²) in [7, 11) is 2.20. The molecule has 9 nitrogen and oxygen atoms in total. The quantitative estimate of drug-likeness (QED) is 0.293. The van der Waals surface area contributed by atoms with E-state index < -0.39 is 0 Å². The number of likely N-dealkylation sites (N-methyl/N-ethyl adjacent to an activating group) is 1. The van der Waals surface area contributed by atoms with Crippen molar-refractivity contribution in [3.05, 3.63) is 77.3 Å². The Morgan fingerprint density at radius 3 is 2.68 bits per heavy atom. The van der Waals surface area contributed by atoms with Crippen LogP contribution in [-0.2, 0) is 17.8 Å². The molecule has 9 heteroatoms. The Kier molecular flexibility index (Phi) is 7.41. The van der Waals surface area contributed by atoms with Gasteiger partial charge in [0, 0.05) is 48.9 Å². The highest BCUT2D eigenvalue weighted by Gasteiger charge is 2.55. The summed E-state index contributed by atoms with van der Waals surface area (Å²) in [5, 5.41) is 2.53. The smallest absolute Gasteiger partial charge is 0.319 e. The van der Waals surface area contributed by atoms with Gasteiger partial charge in [-0.2, -0.15) is 9.97 Å². The minimum atomic E-state index is -0.223. The zero-order valence-electron chi connectivity index (χ0n) is 25.8. The Morgan fingerprint density at radius 2 is 1.95 bits per heavy atom. The van der Waals surface area contributed by atoms with E-state index in [4.69, 9.17) is 21.3 Å². The van der Waals surface area contributed by atoms with E-state index in [1.807, 2.05) is 0 Å². The molecule has 0 bridgehead atoms. The summed E-state index contributed by atoms with van der Waals surface area (Å²) in [5.74, 6) is 0.777. The maximum absolute atomic E-state index is 12.6. The first-order chi connectivity index (χ1) is 21.4. The van der Waals surface area contributed by atoms with Gasteiger partial charge in [0.1, 0.15) is 17.5 Å². The van der Waals surface area contributed by atoms with Crippen LogP contribution in [0, 0.1) is 13.5 Å². The van der Waals surface area contributed by atoms with Crippen LogP contribution in [0.2, 0.25) is 0 Å². The maximum atomic E-state index is 12.6. The van der Waals surface area contributed by atoms with Crippen molar-refractivity contribution in [2.45, 2.75) is 63.3 Å². The van der Waals surface area contributed by atoms with E-state index in [0.29, 0.717) is 38.2 Å². The molecule has 0 spiro atoms. The Bertz CT molecular complexity index is 1640. The number of ether oxygens (including phenoxy) is 1. The van der Waals surface area contributed by atoms with Crippen LogP contribution in [0.15, 0.2) is 49.1 Å². The van der Waals surface area contributed by atoms with E-state index in [2.05, 4.69) is 76.5 Å². The molecule has 3 fully saturated rings. The third-order valence-electron chi connectivity index (χ3n) is 10.2. The van der Waals surface area contributed by atoms with Crippen molar-refractivity contribution in [2.24, 2.45) is 0 Å². The van der Waals surface area contributed by atoms with Gasteiger partial charge in [-0.15, -0.1) is 0 Å². The van der Waals surface area contributed by atoms with Crippen LogP contribution in [0.25, 0.3) is 15.6 Å². The molecule has 4 heterocycles. The molecule has 0 N–H and O–H groups in total. The van der Waals surface area contributed by atoms with Gasteiger partial charge in [0.25, 0.3) is 0 Å². The number of hydrogen-bond donors (Lipinski definition) is 0. The standard InChI is InChI=1S/C35H41N7O2/c1-5-31(43)42-20-19-41(22-26(42)21-36-3)33-27-14-18-40(29-12-7-11-25-10-6-9-24(2)32(25)29)23-28(27)37-34(38-33)44-35(15-16-35)30-13-8-17-39(30)4/h5-7,9-12,26,30H,1,8,13-23H2,2,4H3. The molecule has 2 unspecified atom stereocenters. The van der Waals surface area contributed by atoms with Gasteiger partial charge in [0.2, 0.25) is 12.5 Å². The molecule has 1 amide bonds. The number of carbonyl (C=O) groups excluding carboxylic acids is 1. The molecule has 44 heavy (non-hydrogen) atoms. The van der Waals surface area contributed by atoms with Gasteiger partial charge in [-0.05, 0) is 75.7 Å². The molecule has 0 radical (unpaired) electrons. The van der Waals surface area contributed by atoms with Crippen LogP contribution in [0.3, 0.4) is 0 Å². The second-order valence-corrected chi connectivity index (χ2v) is 12.9. The summed E-state index contributed by atoms with van der Waals surface area (Å²) in [6, 6.07) is 13.7. The molecule has 228 valence electrons. The number of rotatable bonds is 7. The molecule has 7 rings (SSSR count). The van der Waals surface area contributed by atoms with Crippen molar-refractivity contribution >= 4 is 28.2 Å². The number of anilines is 2. The fraction of sp³-hybridized carbons (Fsp3) is 0.486. The van der Waals surface area contributed by atoms with Gasteiger partial charge < -0.3 is 24.3 Å². The summed E-state index contributed by atoms with van der Waals surface area (Å²) < 4.78 is 6.81. The van der Waals surface area contributed by atoms with Crippen LogP contribution in [0.5, 0.6) is 6.01 Å². The second kappa shape index (κ2) is 11.4. The fourth-order valence-electron chi connectivity index (χ4n) is 7.77. The number of aromatic nitrogens is 2. The predicted molar refractivity (Wildman–Crippen MR) is 173 cm³/mol. The van der Waals surface area contributed by atoms with Crippen molar-refractivity contribution < 1.29 is 9.53 Å². The molecular weight excluding hydrogens is 550 g/mol. The van der Waals surface area contributed by atoms with Crippen LogP contribution in [0.4, 0.5) is 11.5 Å². The lowest BCUT2D eigenvalue weighted by Gasteiger charge is -2.41. The summed E-state index contributed by atoms with van der Waals surface area (Å²) in [4.78, 5) is 35.5. The van der Waals surface area contributed by atoms with Gasteiger partial charge in [0.05, 0.1) is 12.2 Å². The summed E-state index contributed by atoms with van der Waals surface area (Å²) >= 11 is 0. The number of carbonyl (C=O) groups is 1. The Morgan fingerprint density at radius 1 is 1.14 bits per heavy atom. The number of likely N-dealkylation sites (tertiary alicyclic amines) is 1. The first kappa shape index (κ1) is 28.6. The van der Waals surface area contributed by atoms with Crippen molar-refractivity contribution in [3.63, 3.8) is 0 Å². The number of benzene rings is 2. The third-order valence-corrected chi connectivity index (χ3v) is 10.2. The molecule has 2 atom stereocenters. The highest BCUT2D eigenvalue weighted by Crippen LogP contribution is 2.48. The van der Waals surface area contributed by atoms with Crippen molar-refractivity contribution in [2.75, 3.05) is 56.1 Å². The molecular formula is C35H41N7O2. The lowest BCUT2D eigenvalue weighted by Crippen LogP contribution is -2.56. The van der Waals surface area contributed by atoms with Crippen LogP contribution < -0.4 is 14.5 Å². The lowest BCUT2D eigenvalue weighted by molar-refractivity contribution is -0.128. The molecule has 3 aromatic rings. The van der Waals surface area contributed by atoms with Crippen molar-refractivity contribution in [3.8, 4) is 6.01 Å². The van der Waals surface area contributed by atoms with Crippen LogP contribution in [-0.4, -0.2) is 89.7 Å². The lowest BCUT2D eigenvalue weighted by atomic mass is 9.99. The molecule has 1 aromatic heterocycles. The largest absolute Gasteiger partial charge is 0.455 e. The molecule has 1 saturated carbocycles. The number of piperazine rings is 1. The maximum Gasteiger partial charge on any atom is 0.319 e. The predicted octanol–water partition coefficient (Wildman–Crippen LogP) is 4.63. The highest BCUT2D eigenvalue weighted by molar-refractivity contribution is 5.97. The highest BCUT2D eigenvalue weighted by atomic mass is 16.5. The fourth-order valence-corrected chi connectivity index (χ4v) is 7.77. The molecule has 2 saturated heterocycles. The molecule has 2 aromatic carbocycles. The van der Waals surface area contributed by atoms with Crippen LogP contribution in [0.1, 0.15) is 42.5 Å². The zero-order valence-corrected chi connectivity index (χ0v) is 25.8. The average molecular weight is 592 g/mol. The van der Waals surface area contributed by atoms with E-state index in [1.165, 1.54) is 34.5 Å². The van der Waals surface area contributed by atoms with E-state index >= 15 is 0 Å². The average Bonchev–Trinajstić information content (AvgIpc) is 3.68. The first-order valence-electron chi connectivity index (χ1n) is 15.9. The number of nitrogens with zero attached hydrogens (tertiary/aromatic N) is 7. The second-order valence-electron chi connectivity index (χ2n) is 12.9. The molecule has 3 aliphatic heterocycles. The van der Waals surface area contributed by atoms with E-state index in [0.717, 1.165) is 55.8 Å². The van der Waals surface area contributed by atoms with Crippen LogP contribution >= 0.6 is 0 Å². The minimum Gasteiger partial charge on any atom is -0.455 e. The number of aryl methyl sites for hydroxylation is 1. The number of hydrogen-bond acceptors (Lipinski definition) is 7. The van der Waals surface area contributed by atoms with Gasteiger partial charge in [-0.3, -0.25) is 9.69 Å². The summed E-state index contributed by atoms with van der Waals surface area (Å²) in [5.41, 5.74) is 4.43. The minimum absolute atomic E-state index is 0.121. The monoisotopic (exact) mass is 591 g/mol. The number of amides is 1. The zero-order chi connectivity index (χ0) is 30.4. The van der Waals surface area contributed by atoms with Gasteiger partial charge in [-0.25, -0.2) is 6.57 Å². The first-order valence-corrected chi connectivity index (χ1v) is 15.9. The van der Waals surface area contributed by atoms with E-state index in [1.54, 1.807) is 4.90 Å². The summed E-state index contributed by atoms with van der Waals surface area (Å²) in [6.07, 6.45) is 6.54. The molecule has 1 aliphatic carbocycles. The van der Waals surface area contributed by atoms with Crippen molar-refractivity contribution in [1.29, 1.82) is 0 Å². The van der Waals surface area contributed by atoms with E-state index in [9.17, 15) is 4.79 Å². The van der Waals surface area contributed by atoms with Gasteiger partial charge in [-0.1, -0.05) is 36.9 Å². The number of fused-ring (bicyclic) bond motifs is 2. The van der Waals surface area contributed by atoms with E-state index in [-0.39, 0.29) is 24.1 Å². The Labute approximate surface area is 259 Å². The summed E-state index contributed by atoms with van der Waals surface area (Å²) in [6.45, 7) is 18.0. The molecule has 4 aliphatic rings. The third kappa shape index (κ3) is 5.05. The Hall–Kier alpha value is -4.16. The SMILES string of the molecule is [C-]#[N+]CC1CN(c2nc(OC3(C4CCCN4C)CC3)nc3c2CCN(c2cccc4cccc(C)c24)C3)CCN1C(=O)C=C. The topological polar surface area (TPSA) is 69.4 Å². The van der Waals surface area contributed by atoms with Gasteiger partial charge >= 0.3 is 6.01 Å². The normalized spacial score (nSPS) is 22.9. The van der Waals surface area contributed by atoms with Crippen molar-refractivity contribution in [1.82, 2.24) is 19.8 Å². The Balaban J connectivity index is 1.26. The van der Waals surface area contributed by atoms with Gasteiger partial charge in [0.15, 0.2) is 0 Å².